The van der Waals surface area contributed by atoms with Gasteiger partial charge in [0, 0.05) is 6.42 Å². The van der Waals surface area contributed by atoms with Crippen LogP contribution < -0.4 is 24.8 Å². The standard InChI is InChI=1S/C25H24ClN3O5/c1-32-17-5-7-21-18(14-17)23(30)28-20(24(31)29-25(15-27)8-9-25)13-16-4-6-22(19(26)12-16)34-11-3-2-10-33-21/h2-7,12,14,20H,8-11,13H2,1H3,(H,28,30)(H,29,31). The summed E-state index contributed by atoms with van der Waals surface area (Å²) in [4.78, 5) is 26.4. The fourth-order valence-electron chi connectivity index (χ4n) is 3.53. The molecule has 2 amide bonds. The predicted molar refractivity (Wildman–Crippen MR) is 125 cm³/mol. The normalized spacial score (nSPS) is 19.0. The maximum Gasteiger partial charge on any atom is 0.255 e. The molecule has 9 heteroatoms. The first-order valence-corrected chi connectivity index (χ1v) is 11.2. The Balaban J connectivity index is 1.68. The van der Waals surface area contributed by atoms with Gasteiger partial charge in [-0.1, -0.05) is 17.7 Å². The highest BCUT2D eigenvalue weighted by molar-refractivity contribution is 6.32. The van der Waals surface area contributed by atoms with Gasteiger partial charge in [-0.25, -0.2) is 0 Å². The van der Waals surface area contributed by atoms with Crippen LogP contribution in [0.15, 0.2) is 48.6 Å². The minimum atomic E-state index is -0.951. The summed E-state index contributed by atoms with van der Waals surface area (Å²) in [6, 6.07) is 11.3. The maximum atomic E-state index is 13.3. The van der Waals surface area contributed by atoms with Crippen molar-refractivity contribution in [1.29, 1.82) is 5.26 Å². The van der Waals surface area contributed by atoms with Gasteiger partial charge in [-0.2, -0.15) is 5.26 Å². The monoisotopic (exact) mass is 481 g/mol. The first-order chi connectivity index (χ1) is 16.4. The second-order valence-electron chi connectivity index (χ2n) is 8.13. The molecular weight excluding hydrogens is 458 g/mol. The Hall–Kier alpha value is -3.70. The van der Waals surface area contributed by atoms with Crippen molar-refractivity contribution in [2.45, 2.75) is 30.8 Å². The lowest BCUT2D eigenvalue weighted by molar-refractivity contribution is -0.123. The van der Waals surface area contributed by atoms with E-state index in [0.717, 1.165) is 5.56 Å². The lowest BCUT2D eigenvalue weighted by Crippen LogP contribution is -2.51. The Morgan fingerprint density at radius 2 is 1.88 bits per heavy atom. The summed E-state index contributed by atoms with van der Waals surface area (Å²) < 4.78 is 16.7. The number of ether oxygens (including phenoxy) is 3. The van der Waals surface area contributed by atoms with Gasteiger partial charge in [0.2, 0.25) is 5.91 Å². The van der Waals surface area contributed by atoms with Crippen LogP contribution in [0.2, 0.25) is 5.02 Å². The third-order valence-corrected chi connectivity index (χ3v) is 5.95. The lowest BCUT2D eigenvalue weighted by Gasteiger charge is -2.22. The first kappa shape index (κ1) is 23.5. The molecule has 176 valence electrons. The molecule has 2 aromatic carbocycles. The van der Waals surface area contributed by atoms with Gasteiger partial charge in [-0.05, 0) is 60.9 Å². The Kier molecular flexibility index (Phi) is 6.94. The highest BCUT2D eigenvalue weighted by Gasteiger charge is 2.45. The number of carbonyl (C=O) groups excluding carboxylic acids is 2. The summed E-state index contributed by atoms with van der Waals surface area (Å²) in [7, 11) is 1.50. The van der Waals surface area contributed by atoms with Crippen LogP contribution in [-0.2, 0) is 11.2 Å². The van der Waals surface area contributed by atoms with Crippen LogP contribution in [-0.4, -0.2) is 43.7 Å². The molecule has 2 aliphatic heterocycles. The van der Waals surface area contributed by atoms with E-state index in [1.165, 1.54) is 7.11 Å². The van der Waals surface area contributed by atoms with Gasteiger partial charge in [-0.15, -0.1) is 0 Å². The van der Waals surface area contributed by atoms with Crippen molar-refractivity contribution < 1.29 is 23.8 Å². The second-order valence-corrected chi connectivity index (χ2v) is 8.54. The fraction of sp³-hybridized carbons (Fsp3) is 0.320. The third kappa shape index (κ3) is 5.43. The zero-order valence-corrected chi connectivity index (χ0v) is 19.4. The number of methoxy groups -OCH3 is 1. The minimum absolute atomic E-state index is 0.166. The molecule has 2 heterocycles. The van der Waals surface area contributed by atoms with Crippen LogP contribution in [0.1, 0.15) is 28.8 Å². The largest absolute Gasteiger partial charge is 0.497 e. The SMILES string of the molecule is COc1ccc2c(c1)C(=O)NC(C(=O)NC1(C#N)CC1)Cc1ccc(c(Cl)c1)OCC=CCO2. The molecule has 0 spiro atoms. The molecule has 0 saturated heterocycles. The van der Waals surface area contributed by atoms with Gasteiger partial charge in [0.05, 0.1) is 23.8 Å². The molecule has 1 unspecified atom stereocenters. The third-order valence-electron chi connectivity index (χ3n) is 5.65. The average Bonchev–Trinajstić information content (AvgIpc) is 3.61. The van der Waals surface area contributed by atoms with Crippen molar-refractivity contribution in [1.82, 2.24) is 10.6 Å². The Morgan fingerprint density at radius 3 is 2.53 bits per heavy atom. The highest BCUT2D eigenvalue weighted by Crippen LogP contribution is 2.34. The van der Waals surface area contributed by atoms with E-state index in [9.17, 15) is 14.9 Å². The number of nitrogens with zero attached hydrogens (tertiary/aromatic N) is 1. The summed E-state index contributed by atoms with van der Waals surface area (Å²) in [5.41, 5.74) is 0.0799. The summed E-state index contributed by atoms with van der Waals surface area (Å²) in [5, 5.41) is 15.4. The van der Waals surface area contributed by atoms with Crippen molar-refractivity contribution in [3.63, 3.8) is 0 Å². The Morgan fingerprint density at radius 1 is 1.18 bits per heavy atom. The number of benzene rings is 2. The Labute approximate surface area is 202 Å². The summed E-state index contributed by atoms with van der Waals surface area (Å²) in [6.07, 6.45) is 4.89. The minimum Gasteiger partial charge on any atom is -0.497 e. The molecule has 2 bridgehead atoms. The van der Waals surface area contributed by atoms with Gasteiger partial charge < -0.3 is 24.8 Å². The average molecular weight is 482 g/mol. The van der Waals surface area contributed by atoms with E-state index in [1.807, 2.05) is 0 Å². The van der Waals surface area contributed by atoms with E-state index in [2.05, 4.69) is 16.7 Å². The number of rotatable bonds is 3. The molecule has 0 radical (unpaired) electrons. The van der Waals surface area contributed by atoms with Crippen molar-refractivity contribution in [2.24, 2.45) is 0 Å². The molecule has 1 fully saturated rings. The van der Waals surface area contributed by atoms with Crippen molar-refractivity contribution in [3.05, 3.63) is 64.7 Å². The number of hydrogen-bond acceptors (Lipinski definition) is 6. The number of nitrogens with one attached hydrogen (secondary N) is 2. The predicted octanol–water partition coefficient (Wildman–Crippen LogP) is 3.19. The molecule has 1 aliphatic carbocycles. The fourth-order valence-corrected chi connectivity index (χ4v) is 3.79. The molecular formula is C25H24ClN3O5. The number of fused-ring (bicyclic) bond motifs is 9. The topological polar surface area (TPSA) is 110 Å². The lowest BCUT2D eigenvalue weighted by atomic mass is 10.0. The van der Waals surface area contributed by atoms with Gasteiger partial charge in [0.25, 0.3) is 5.91 Å². The van der Waals surface area contributed by atoms with Crippen molar-refractivity contribution in [3.8, 4) is 23.3 Å². The maximum absolute atomic E-state index is 13.3. The summed E-state index contributed by atoms with van der Waals surface area (Å²) >= 11 is 6.37. The number of hydrogen-bond donors (Lipinski definition) is 2. The quantitative estimate of drug-likeness (QED) is 0.651. The molecule has 3 aliphatic rings. The van der Waals surface area contributed by atoms with Gasteiger partial charge in [-0.3, -0.25) is 9.59 Å². The van der Waals surface area contributed by atoms with Crippen LogP contribution in [0.25, 0.3) is 0 Å². The Bertz CT molecular complexity index is 1170. The number of carbonyl (C=O) groups is 2. The molecule has 0 aromatic heterocycles. The van der Waals surface area contributed by atoms with E-state index in [4.69, 9.17) is 25.8 Å². The first-order valence-electron chi connectivity index (χ1n) is 10.8. The van der Waals surface area contributed by atoms with Crippen LogP contribution in [0.4, 0.5) is 0 Å². The van der Waals surface area contributed by atoms with E-state index in [-0.39, 0.29) is 18.6 Å². The zero-order valence-electron chi connectivity index (χ0n) is 18.6. The van der Waals surface area contributed by atoms with Crippen LogP contribution in [0.5, 0.6) is 17.2 Å². The molecule has 2 aromatic rings. The summed E-state index contributed by atoms with van der Waals surface area (Å²) in [6.45, 7) is 0.497. The van der Waals surface area contributed by atoms with E-state index < -0.39 is 23.4 Å². The van der Waals surface area contributed by atoms with Gasteiger partial charge in [0.1, 0.15) is 42.0 Å². The molecule has 5 rings (SSSR count). The van der Waals surface area contributed by atoms with Gasteiger partial charge in [0.15, 0.2) is 0 Å². The molecule has 8 nitrogen and oxygen atoms in total. The molecule has 34 heavy (non-hydrogen) atoms. The van der Waals surface area contributed by atoms with Crippen molar-refractivity contribution in [2.75, 3.05) is 20.3 Å². The van der Waals surface area contributed by atoms with Crippen LogP contribution in [0, 0.1) is 11.3 Å². The van der Waals surface area contributed by atoms with E-state index in [0.29, 0.717) is 41.7 Å². The molecule has 1 saturated carbocycles. The number of nitriles is 1. The number of amides is 2. The van der Waals surface area contributed by atoms with Crippen LogP contribution >= 0.6 is 11.6 Å². The number of halogens is 1. The second kappa shape index (κ2) is 10.1. The molecule has 1 atom stereocenters. The summed E-state index contributed by atoms with van der Waals surface area (Å²) in [5.74, 6) is 0.376. The van der Waals surface area contributed by atoms with Crippen molar-refractivity contribution >= 4 is 23.4 Å². The zero-order chi connectivity index (χ0) is 24.1. The van der Waals surface area contributed by atoms with E-state index in [1.54, 1.807) is 48.6 Å². The van der Waals surface area contributed by atoms with Crippen LogP contribution in [0.3, 0.4) is 0 Å². The van der Waals surface area contributed by atoms with Gasteiger partial charge >= 0.3 is 0 Å². The van der Waals surface area contributed by atoms with E-state index >= 15 is 0 Å². The smallest absolute Gasteiger partial charge is 0.255 e. The highest BCUT2D eigenvalue weighted by atomic mass is 35.5. The molecule has 2 N–H and O–H groups in total.